The Morgan fingerprint density at radius 3 is 2.51 bits per heavy atom. The van der Waals surface area contributed by atoms with E-state index in [1.54, 1.807) is 36.4 Å². The van der Waals surface area contributed by atoms with Crippen LogP contribution < -0.4 is 4.74 Å². The number of benzene rings is 3. The van der Waals surface area contributed by atoms with E-state index < -0.39 is 5.97 Å². The summed E-state index contributed by atoms with van der Waals surface area (Å²) in [7, 11) is 0. The highest BCUT2D eigenvalue weighted by atomic mass is 35.5. The molecule has 6 nitrogen and oxygen atoms in total. The van der Waals surface area contributed by atoms with Gasteiger partial charge in [0, 0.05) is 27.7 Å². The van der Waals surface area contributed by atoms with Crippen LogP contribution >= 0.6 is 35.0 Å². The molecule has 0 saturated heterocycles. The Labute approximate surface area is 217 Å². The monoisotopic (exact) mass is 525 g/mol. The van der Waals surface area contributed by atoms with Gasteiger partial charge in [0.05, 0.1) is 0 Å². The lowest BCUT2D eigenvalue weighted by Crippen LogP contribution is -2.03. The predicted molar refractivity (Wildman–Crippen MR) is 140 cm³/mol. The van der Waals surface area contributed by atoms with E-state index in [4.69, 9.17) is 27.9 Å². The van der Waals surface area contributed by atoms with E-state index in [1.807, 2.05) is 54.0 Å². The highest BCUT2D eigenvalue weighted by Gasteiger charge is 2.19. The van der Waals surface area contributed by atoms with Crippen molar-refractivity contribution in [2.75, 3.05) is 0 Å². The average molecular weight is 526 g/mol. The summed E-state index contributed by atoms with van der Waals surface area (Å²) in [5.41, 5.74) is 2.39. The maximum atomic E-state index is 12.1. The van der Waals surface area contributed by atoms with Crippen LogP contribution in [0.2, 0.25) is 10.0 Å². The van der Waals surface area contributed by atoms with Gasteiger partial charge in [-0.15, -0.1) is 10.2 Å². The molecule has 0 aliphatic carbocycles. The maximum Gasteiger partial charge on any atom is 0.342 e. The zero-order chi connectivity index (χ0) is 24.8. The third kappa shape index (κ3) is 6.25. The van der Waals surface area contributed by atoms with Gasteiger partial charge in [-0.2, -0.15) is 0 Å². The van der Waals surface area contributed by atoms with E-state index in [9.17, 15) is 9.90 Å². The number of rotatable bonds is 9. The lowest BCUT2D eigenvalue weighted by atomic mass is 10.2. The van der Waals surface area contributed by atoms with Crippen LogP contribution in [-0.4, -0.2) is 25.8 Å². The van der Waals surface area contributed by atoms with Gasteiger partial charge in [0.1, 0.15) is 17.3 Å². The molecule has 0 saturated carbocycles. The quantitative estimate of drug-likeness (QED) is 0.186. The van der Waals surface area contributed by atoms with E-state index in [0.29, 0.717) is 45.5 Å². The summed E-state index contributed by atoms with van der Waals surface area (Å²) < 4.78 is 7.84. The number of para-hydroxylation sites is 1. The smallest absolute Gasteiger partial charge is 0.342 e. The highest BCUT2D eigenvalue weighted by Crippen LogP contribution is 2.32. The van der Waals surface area contributed by atoms with Crippen LogP contribution in [-0.2, 0) is 17.9 Å². The number of aliphatic carboxylic acids is 1. The number of carboxylic acids is 1. The topological polar surface area (TPSA) is 77.2 Å². The Balaban J connectivity index is 1.60. The third-order valence-electron chi connectivity index (χ3n) is 5.04. The Kier molecular flexibility index (Phi) is 8.13. The molecule has 0 aliphatic heterocycles. The van der Waals surface area contributed by atoms with Gasteiger partial charge in [-0.1, -0.05) is 53.5 Å². The summed E-state index contributed by atoms with van der Waals surface area (Å²) in [5, 5.41) is 20.2. The SMILES string of the molecule is CCn1c(S/C(=C\c2ccccc2OCc2cccc(Cl)c2)C(=O)O)nnc1-c1ccc(Cl)cc1. The zero-order valence-corrected chi connectivity index (χ0v) is 21.0. The van der Waals surface area contributed by atoms with Gasteiger partial charge >= 0.3 is 5.97 Å². The summed E-state index contributed by atoms with van der Waals surface area (Å²) in [6.07, 6.45) is 1.58. The van der Waals surface area contributed by atoms with E-state index in [2.05, 4.69) is 10.2 Å². The second-order valence-corrected chi connectivity index (χ2v) is 9.31. The number of carbonyl (C=O) groups is 1. The number of halogens is 2. The molecular formula is C26H21Cl2N3O3S. The van der Waals surface area contributed by atoms with Crippen LogP contribution in [0.15, 0.2) is 82.9 Å². The first-order valence-corrected chi connectivity index (χ1v) is 12.3. The van der Waals surface area contributed by atoms with Crippen LogP contribution in [0.1, 0.15) is 18.1 Å². The Morgan fingerprint density at radius 2 is 1.80 bits per heavy atom. The molecule has 35 heavy (non-hydrogen) atoms. The fourth-order valence-corrected chi connectivity index (χ4v) is 4.57. The second-order valence-electron chi connectivity index (χ2n) is 7.43. The van der Waals surface area contributed by atoms with E-state index in [1.165, 1.54) is 0 Å². The van der Waals surface area contributed by atoms with Crippen molar-refractivity contribution >= 4 is 47.0 Å². The molecule has 1 heterocycles. The lowest BCUT2D eigenvalue weighted by Gasteiger charge is -2.11. The fraction of sp³-hybridized carbons (Fsp3) is 0.115. The first kappa shape index (κ1) is 24.9. The number of hydrogen-bond donors (Lipinski definition) is 1. The summed E-state index contributed by atoms with van der Waals surface area (Å²) in [6, 6.07) is 21.9. The van der Waals surface area contributed by atoms with Crippen LogP contribution in [0.4, 0.5) is 0 Å². The number of nitrogens with zero attached hydrogens (tertiary/aromatic N) is 3. The van der Waals surface area contributed by atoms with Crippen molar-refractivity contribution in [2.45, 2.75) is 25.2 Å². The van der Waals surface area contributed by atoms with Gasteiger partial charge < -0.3 is 14.4 Å². The summed E-state index contributed by atoms with van der Waals surface area (Å²) in [4.78, 5) is 12.2. The Bertz CT molecular complexity index is 1370. The first-order chi connectivity index (χ1) is 16.9. The van der Waals surface area contributed by atoms with Crippen LogP contribution in [0.25, 0.3) is 17.5 Å². The van der Waals surface area contributed by atoms with Crippen molar-refractivity contribution in [3.05, 3.63) is 98.9 Å². The van der Waals surface area contributed by atoms with Crippen molar-refractivity contribution in [3.63, 3.8) is 0 Å². The minimum atomic E-state index is -1.07. The molecule has 178 valence electrons. The van der Waals surface area contributed by atoms with Gasteiger partial charge in [0.25, 0.3) is 0 Å². The molecule has 0 amide bonds. The molecule has 1 aromatic heterocycles. The minimum Gasteiger partial charge on any atom is -0.488 e. The molecular weight excluding hydrogens is 505 g/mol. The molecule has 0 spiro atoms. The summed E-state index contributed by atoms with van der Waals surface area (Å²) >= 11 is 13.1. The molecule has 4 aromatic rings. The molecule has 3 aromatic carbocycles. The van der Waals surface area contributed by atoms with Crippen molar-refractivity contribution < 1.29 is 14.6 Å². The van der Waals surface area contributed by atoms with Crippen molar-refractivity contribution in [2.24, 2.45) is 0 Å². The molecule has 1 N–H and O–H groups in total. The van der Waals surface area contributed by atoms with Gasteiger partial charge in [0.15, 0.2) is 11.0 Å². The standard InChI is InChI=1S/C26H21Cl2N3O3S/c1-2-31-24(18-10-12-20(27)13-11-18)29-30-26(31)35-23(25(32)33)15-19-7-3-4-9-22(19)34-16-17-6-5-8-21(28)14-17/h3-15H,2,16H2,1H3,(H,32,33)/b23-15-. The summed E-state index contributed by atoms with van der Waals surface area (Å²) in [6.45, 7) is 2.82. The van der Waals surface area contributed by atoms with Gasteiger partial charge in [0.2, 0.25) is 0 Å². The average Bonchev–Trinajstić information content (AvgIpc) is 3.26. The number of hydrogen-bond acceptors (Lipinski definition) is 5. The molecule has 0 bridgehead atoms. The second kappa shape index (κ2) is 11.4. The zero-order valence-electron chi connectivity index (χ0n) is 18.7. The van der Waals surface area contributed by atoms with Crippen molar-refractivity contribution in [1.82, 2.24) is 14.8 Å². The number of carboxylic acid groups (broad SMARTS) is 1. The third-order valence-corrected chi connectivity index (χ3v) is 6.52. The van der Waals surface area contributed by atoms with E-state index in [0.717, 1.165) is 22.9 Å². The fourth-order valence-electron chi connectivity index (χ4n) is 3.36. The first-order valence-electron chi connectivity index (χ1n) is 10.7. The number of aromatic nitrogens is 3. The predicted octanol–water partition coefficient (Wildman–Crippen LogP) is 7.07. The Morgan fingerprint density at radius 1 is 1.03 bits per heavy atom. The maximum absolute atomic E-state index is 12.1. The number of ether oxygens (including phenoxy) is 1. The molecule has 9 heteroatoms. The van der Waals surface area contributed by atoms with E-state index in [-0.39, 0.29) is 4.91 Å². The molecule has 0 radical (unpaired) electrons. The van der Waals surface area contributed by atoms with Crippen LogP contribution in [0, 0.1) is 0 Å². The molecule has 4 rings (SSSR count). The molecule has 0 atom stereocenters. The van der Waals surface area contributed by atoms with Gasteiger partial charge in [-0.3, -0.25) is 0 Å². The number of thioether (sulfide) groups is 1. The minimum absolute atomic E-state index is 0.0913. The Hall–Kier alpha value is -3.26. The van der Waals surface area contributed by atoms with Crippen LogP contribution in [0.5, 0.6) is 5.75 Å². The highest BCUT2D eigenvalue weighted by molar-refractivity contribution is 8.04. The lowest BCUT2D eigenvalue weighted by molar-refractivity contribution is -0.131. The van der Waals surface area contributed by atoms with Crippen molar-refractivity contribution in [3.8, 4) is 17.1 Å². The molecule has 0 unspecified atom stereocenters. The van der Waals surface area contributed by atoms with Crippen molar-refractivity contribution in [1.29, 1.82) is 0 Å². The molecule has 0 fully saturated rings. The van der Waals surface area contributed by atoms with Crippen LogP contribution in [0.3, 0.4) is 0 Å². The van der Waals surface area contributed by atoms with Gasteiger partial charge in [-0.05, 0) is 72.8 Å². The largest absolute Gasteiger partial charge is 0.488 e. The normalized spacial score (nSPS) is 11.5. The van der Waals surface area contributed by atoms with Gasteiger partial charge in [-0.25, -0.2) is 4.79 Å². The van der Waals surface area contributed by atoms with E-state index >= 15 is 0 Å². The molecule has 0 aliphatic rings. The summed E-state index contributed by atoms with van der Waals surface area (Å²) in [5.74, 6) is 0.130.